The zero-order valence-electron chi connectivity index (χ0n) is 19.4. The van der Waals surface area contributed by atoms with Crippen molar-refractivity contribution in [2.45, 2.75) is 51.0 Å². The fraction of sp³-hybridized carbons (Fsp3) is 0.652. The number of ether oxygens (including phenoxy) is 3. The van der Waals surface area contributed by atoms with E-state index in [1.807, 2.05) is 0 Å². The lowest BCUT2D eigenvalue weighted by atomic mass is 9.75. The number of benzene rings is 1. The molecule has 0 spiro atoms. The number of phenolic OH excluding ortho intramolecular Hbond substituents is 1. The summed E-state index contributed by atoms with van der Waals surface area (Å²) in [5.74, 6) is -1.02. The molecule has 2 fully saturated rings. The van der Waals surface area contributed by atoms with E-state index in [0.717, 1.165) is 31.4 Å². The number of sulfonamides is 1. The number of nitrogens with zero attached hydrogens (tertiary/aromatic N) is 1. The van der Waals surface area contributed by atoms with Crippen LogP contribution >= 0.6 is 0 Å². The van der Waals surface area contributed by atoms with E-state index in [1.165, 1.54) is 10.4 Å². The second-order valence-corrected chi connectivity index (χ2v) is 11.1. The van der Waals surface area contributed by atoms with Crippen LogP contribution in [0.4, 0.5) is 0 Å². The highest BCUT2D eigenvalue weighted by molar-refractivity contribution is 7.89. The number of hydrogen-bond acceptors (Lipinski definition) is 8. The van der Waals surface area contributed by atoms with Crippen molar-refractivity contribution in [1.82, 2.24) is 4.31 Å². The molecule has 1 aromatic rings. The fourth-order valence-corrected chi connectivity index (χ4v) is 5.87. The Kier molecular flexibility index (Phi) is 8.36. The Morgan fingerprint density at radius 1 is 1.21 bits per heavy atom. The molecule has 1 N–H and O–H groups in total. The Labute approximate surface area is 195 Å². The Bertz CT molecular complexity index is 955. The molecule has 1 saturated carbocycles. The summed E-state index contributed by atoms with van der Waals surface area (Å²) in [6.45, 7) is 6.67. The predicted molar refractivity (Wildman–Crippen MR) is 119 cm³/mol. The Morgan fingerprint density at radius 2 is 1.91 bits per heavy atom. The number of hydrogen-bond donors (Lipinski definition) is 1. The molecular formula is C23H33NO8S. The Hall–Kier alpha value is -2.17. The van der Waals surface area contributed by atoms with Crippen LogP contribution in [-0.2, 0) is 29.0 Å². The highest BCUT2D eigenvalue weighted by Gasteiger charge is 2.34. The molecule has 1 aliphatic carbocycles. The second-order valence-electron chi connectivity index (χ2n) is 9.13. The van der Waals surface area contributed by atoms with Crippen LogP contribution in [0.5, 0.6) is 5.75 Å². The van der Waals surface area contributed by atoms with E-state index in [-0.39, 0.29) is 48.8 Å². The van der Waals surface area contributed by atoms with E-state index in [9.17, 15) is 23.1 Å². The van der Waals surface area contributed by atoms with Crippen LogP contribution in [0.25, 0.3) is 0 Å². The first-order valence-electron chi connectivity index (χ1n) is 11.4. The number of carbonyl (C=O) groups is 2. The van der Waals surface area contributed by atoms with Gasteiger partial charge in [0.2, 0.25) is 10.0 Å². The van der Waals surface area contributed by atoms with Gasteiger partial charge in [0.25, 0.3) is 0 Å². The number of esters is 2. The number of aromatic hydroxyl groups is 1. The predicted octanol–water partition coefficient (Wildman–Crippen LogP) is 2.57. The summed E-state index contributed by atoms with van der Waals surface area (Å²) >= 11 is 0. The molecule has 1 aliphatic heterocycles. The van der Waals surface area contributed by atoms with Gasteiger partial charge in [-0.05, 0) is 48.8 Å². The molecule has 3 rings (SSSR count). The number of phenols is 1. The summed E-state index contributed by atoms with van der Waals surface area (Å²) in [6, 6.07) is 3.41. The number of morpholine rings is 1. The summed E-state index contributed by atoms with van der Waals surface area (Å²) in [5, 5.41) is 10.1. The minimum atomic E-state index is -3.86. The highest BCUT2D eigenvalue weighted by Crippen LogP contribution is 2.35. The summed E-state index contributed by atoms with van der Waals surface area (Å²) in [5.41, 5.74) is -0.330. The molecule has 9 nitrogen and oxygen atoms in total. The molecule has 0 amide bonds. The molecule has 0 bridgehead atoms. The van der Waals surface area contributed by atoms with Gasteiger partial charge in [-0.1, -0.05) is 27.2 Å². The van der Waals surface area contributed by atoms with Gasteiger partial charge in [0.1, 0.15) is 17.4 Å². The fourth-order valence-electron chi connectivity index (χ4n) is 4.43. The zero-order valence-corrected chi connectivity index (χ0v) is 20.2. The molecular weight excluding hydrogens is 450 g/mol. The van der Waals surface area contributed by atoms with Gasteiger partial charge in [-0.3, -0.25) is 0 Å². The number of carbonyl (C=O) groups excluding carboxylic acids is 2. The monoisotopic (exact) mass is 483 g/mol. The van der Waals surface area contributed by atoms with E-state index >= 15 is 0 Å². The first-order chi connectivity index (χ1) is 15.6. The van der Waals surface area contributed by atoms with Crippen LogP contribution in [0, 0.1) is 17.8 Å². The maximum Gasteiger partial charge on any atom is 0.344 e. The first-order valence-corrected chi connectivity index (χ1v) is 12.8. The molecule has 3 unspecified atom stereocenters. The van der Waals surface area contributed by atoms with Gasteiger partial charge in [-0.2, -0.15) is 4.31 Å². The number of rotatable bonds is 7. The SMILES string of the molecule is CC1CCC(C(C)C)C(OC(=O)COC(=O)c2cc(S(=O)(=O)N3CCOCC3)ccc2O)C1. The van der Waals surface area contributed by atoms with Crippen LogP contribution in [0.15, 0.2) is 23.1 Å². The molecule has 1 aromatic carbocycles. The molecule has 0 radical (unpaired) electrons. The normalized spacial score (nSPS) is 24.4. The zero-order chi connectivity index (χ0) is 24.2. The standard InChI is InChI=1S/C23H33NO8S/c1-15(2)18-6-4-16(3)12-21(18)32-22(26)14-31-23(27)19-13-17(5-7-20(19)25)33(28,29)24-8-10-30-11-9-24/h5,7,13,15-16,18,21,25H,4,6,8-12,14H2,1-3H3. The molecule has 2 aliphatic rings. The second kappa shape index (κ2) is 10.8. The van der Waals surface area contributed by atoms with E-state index in [1.54, 1.807) is 0 Å². The van der Waals surface area contributed by atoms with Crippen molar-refractivity contribution in [1.29, 1.82) is 0 Å². The molecule has 33 heavy (non-hydrogen) atoms. The average Bonchev–Trinajstić information content (AvgIpc) is 2.78. The van der Waals surface area contributed by atoms with Crippen LogP contribution in [-0.4, -0.2) is 68.8 Å². The highest BCUT2D eigenvalue weighted by atomic mass is 32.2. The average molecular weight is 484 g/mol. The Balaban J connectivity index is 1.64. The molecule has 3 atom stereocenters. The molecule has 1 saturated heterocycles. The molecule has 1 heterocycles. The van der Waals surface area contributed by atoms with Crippen LogP contribution in [0.2, 0.25) is 0 Å². The van der Waals surface area contributed by atoms with Gasteiger partial charge < -0.3 is 19.3 Å². The largest absolute Gasteiger partial charge is 0.507 e. The van der Waals surface area contributed by atoms with E-state index in [4.69, 9.17) is 14.2 Å². The van der Waals surface area contributed by atoms with Gasteiger partial charge >= 0.3 is 11.9 Å². The molecule has 0 aromatic heterocycles. The smallest absolute Gasteiger partial charge is 0.344 e. The topological polar surface area (TPSA) is 119 Å². The summed E-state index contributed by atoms with van der Waals surface area (Å²) < 4.78 is 42.8. The minimum Gasteiger partial charge on any atom is -0.507 e. The van der Waals surface area contributed by atoms with Crippen molar-refractivity contribution >= 4 is 22.0 Å². The third kappa shape index (κ3) is 6.24. The third-order valence-corrected chi connectivity index (χ3v) is 8.26. The van der Waals surface area contributed by atoms with Crippen molar-refractivity contribution in [3.8, 4) is 5.75 Å². The summed E-state index contributed by atoms with van der Waals surface area (Å²) in [6.07, 6.45) is 2.62. The van der Waals surface area contributed by atoms with Crippen molar-refractivity contribution in [3.05, 3.63) is 23.8 Å². The minimum absolute atomic E-state index is 0.146. The van der Waals surface area contributed by atoms with Crippen LogP contribution in [0.3, 0.4) is 0 Å². The van der Waals surface area contributed by atoms with Crippen molar-refractivity contribution in [3.63, 3.8) is 0 Å². The maximum absolute atomic E-state index is 12.8. The van der Waals surface area contributed by atoms with Crippen LogP contribution < -0.4 is 0 Å². The third-order valence-electron chi connectivity index (χ3n) is 6.36. The lowest BCUT2D eigenvalue weighted by molar-refractivity contribution is -0.159. The van der Waals surface area contributed by atoms with E-state index in [2.05, 4.69) is 20.8 Å². The molecule has 184 valence electrons. The quantitative estimate of drug-likeness (QED) is 0.588. The summed E-state index contributed by atoms with van der Waals surface area (Å²) in [7, 11) is -3.86. The lowest BCUT2D eigenvalue weighted by Gasteiger charge is -2.36. The van der Waals surface area contributed by atoms with Crippen LogP contribution in [0.1, 0.15) is 50.4 Å². The van der Waals surface area contributed by atoms with Gasteiger partial charge in [0.15, 0.2) is 6.61 Å². The lowest BCUT2D eigenvalue weighted by Crippen LogP contribution is -2.40. The summed E-state index contributed by atoms with van der Waals surface area (Å²) in [4.78, 5) is 24.7. The van der Waals surface area contributed by atoms with Gasteiger partial charge in [0, 0.05) is 13.1 Å². The van der Waals surface area contributed by atoms with Crippen molar-refractivity contribution in [2.24, 2.45) is 17.8 Å². The van der Waals surface area contributed by atoms with E-state index < -0.39 is 34.3 Å². The van der Waals surface area contributed by atoms with Gasteiger partial charge in [-0.25, -0.2) is 18.0 Å². The van der Waals surface area contributed by atoms with Crippen molar-refractivity contribution < 1.29 is 37.3 Å². The van der Waals surface area contributed by atoms with Crippen molar-refractivity contribution in [2.75, 3.05) is 32.9 Å². The maximum atomic E-state index is 12.8. The van der Waals surface area contributed by atoms with E-state index in [0.29, 0.717) is 11.8 Å². The Morgan fingerprint density at radius 3 is 2.58 bits per heavy atom. The first kappa shape index (κ1) is 25.5. The van der Waals surface area contributed by atoms with Gasteiger partial charge in [-0.15, -0.1) is 0 Å². The molecule has 10 heteroatoms. The van der Waals surface area contributed by atoms with Gasteiger partial charge in [0.05, 0.1) is 18.1 Å².